The second-order valence-electron chi connectivity index (χ2n) is 10.1. The number of fused-ring (bicyclic) bond motifs is 1. The van der Waals surface area contributed by atoms with Crippen molar-refractivity contribution in [3.8, 4) is 23.0 Å². The number of carbonyl (C=O) groups is 1. The number of amides is 1. The Morgan fingerprint density at radius 1 is 1.12 bits per heavy atom. The third kappa shape index (κ3) is 4.06. The van der Waals surface area contributed by atoms with Gasteiger partial charge in [0.1, 0.15) is 24.7 Å². The van der Waals surface area contributed by atoms with E-state index in [1.807, 2.05) is 12.1 Å². The Bertz CT molecular complexity index is 1060. The first-order chi connectivity index (χ1) is 16.6. The molecular weight excluding hydrogens is 432 g/mol. The van der Waals surface area contributed by atoms with Crippen LogP contribution in [0.2, 0.25) is 0 Å². The maximum atomic E-state index is 12.8. The predicted octanol–water partition coefficient (Wildman–Crippen LogP) is 3.14. The monoisotopic (exact) mass is 464 g/mol. The van der Waals surface area contributed by atoms with E-state index >= 15 is 0 Å². The van der Waals surface area contributed by atoms with E-state index in [-0.39, 0.29) is 24.1 Å². The molecule has 34 heavy (non-hydrogen) atoms. The van der Waals surface area contributed by atoms with Gasteiger partial charge in [0, 0.05) is 24.7 Å². The summed E-state index contributed by atoms with van der Waals surface area (Å²) >= 11 is 0. The lowest BCUT2D eigenvalue weighted by molar-refractivity contribution is -0.122. The molecule has 2 aliphatic heterocycles. The summed E-state index contributed by atoms with van der Waals surface area (Å²) in [5, 5.41) is 12.7. The molecule has 2 heterocycles. The van der Waals surface area contributed by atoms with E-state index in [9.17, 15) is 9.90 Å². The molecule has 7 nitrogen and oxygen atoms in total. The Labute approximate surface area is 200 Å². The topological polar surface area (TPSA) is 80.3 Å². The van der Waals surface area contributed by atoms with Crippen molar-refractivity contribution in [3.63, 3.8) is 0 Å². The van der Waals surface area contributed by atoms with E-state index in [1.54, 1.807) is 24.3 Å². The van der Waals surface area contributed by atoms with Crippen LogP contribution in [0, 0.1) is 11.8 Å². The van der Waals surface area contributed by atoms with Gasteiger partial charge in [-0.15, -0.1) is 0 Å². The number of ether oxygens (including phenoxy) is 3. The van der Waals surface area contributed by atoms with Crippen molar-refractivity contribution in [2.75, 3.05) is 32.9 Å². The molecule has 3 fully saturated rings. The average Bonchev–Trinajstić information content (AvgIpc) is 3.53. The van der Waals surface area contributed by atoms with Crippen molar-refractivity contribution < 1.29 is 24.1 Å². The fourth-order valence-electron chi connectivity index (χ4n) is 6.33. The molecule has 4 atom stereocenters. The molecule has 4 aliphatic rings. The smallest absolute Gasteiger partial charge is 0.223 e. The molecule has 2 aromatic carbocycles. The van der Waals surface area contributed by atoms with Crippen LogP contribution in [0.1, 0.15) is 31.2 Å². The van der Waals surface area contributed by atoms with Gasteiger partial charge in [-0.3, -0.25) is 9.69 Å². The number of rotatable bonds is 9. The zero-order valence-electron chi connectivity index (χ0n) is 19.4. The number of phenolic OH excluding ortho intramolecular Hbond substituents is 1. The van der Waals surface area contributed by atoms with Gasteiger partial charge in [0.25, 0.3) is 0 Å². The van der Waals surface area contributed by atoms with Crippen LogP contribution in [0.4, 0.5) is 0 Å². The molecule has 180 valence electrons. The average molecular weight is 465 g/mol. The molecule has 6 rings (SSSR count). The van der Waals surface area contributed by atoms with Gasteiger partial charge in [-0.05, 0) is 79.5 Å². The number of benzene rings is 2. The van der Waals surface area contributed by atoms with Gasteiger partial charge in [-0.1, -0.05) is 6.07 Å². The Balaban J connectivity index is 1.09. The van der Waals surface area contributed by atoms with E-state index < -0.39 is 0 Å². The Kier molecular flexibility index (Phi) is 5.52. The van der Waals surface area contributed by atoms with Gasteiger partial charge >= 0.3 is 0 Å². The third-order valence-corrected chi connectivity index (χ3v) is 8.05. The molecule has 2 aromatic rings. The molecule has 1 saturated heterocycles. The number of phenols is 1. The largest absolute Gasteiger partial charge is 0.508 e. The maximum absolute atomic E-state index is 12.8. The van der Waals surface area contributed by atoms with Crippen LogP contribution in [0.15, 0.2) is 42.5 Å². The second kappa shape index (κ2) is 8.69. The summed E-state index contributed by atoms with van der Waals surface area (Å²) in [6.45, 7) is 3.48. The first-order valence-electron chi connectivity index (χ1n) is 12.4. The molecule has 0 bridgehead atoms. The molecule has 4 unspecified atom stereocenters. The minimum absolute atomic E-state index is 0.00494. The van der Waals surface area contributed by atoms with Crippen molar-refractivity contribution in [2.24, 2.45) is 11.8 Å². The summed E-state index contributed by atoms with van der Waals surface area (Å²) in [5.41, 5.74) is 1.58. The Hall–Kier alpha value is -2.93. The zero-order chi connectivity index (χ0) is 23.1. The first-order valence-corrected chi connectivity index (χ1v) is 12.4. The molecule has 1 spiro atoms. The van der Waals surface area contributed by atoms with Crippen LogP contribution in [-0.4, -0.2) is 60.4 Å². The Morgan fingerprint density at radius 3 is 2.71 bits per heavy atom. The van der Waals surface area contributed by atoms with Crippen LogP contribution in [0.3, 0.4) is 0 Å². The molecule has 0 radical (unpaired) electrons. The lowest BCUT2D eigenvalue weighted by Gasteiger charge is -2.49. The van der Waals surface area contributed by atoms with E-state index in [0.29, 0.717) is 31.1 Å². The standard InChI is InChI=1S/C27H32N2O5/c30-22-4-6-23(7-5-22)32-10-9-26(31)28-21(17-29-16-20-3-2-19-15-27(19,20)29)13-18-1-8-24-25(14-18)34-12-11-33-24/h1,4-8,14,19-21,30H,2-3,9-13,15-17H2,(H,28,31). The van der Waals surface area contributed by atoms with E-state index in [4.69, 9.17) is 14.2 Å². The zero-order valence-corrected chi connectivity index (χ0v) is 19.4. The molecule has 0 aromatic heterocycles. The summed E-state index contributed by atoms with van der Waals surface area (Å²) in [6.07, 6.45) is 5.12. The van der Waals surface area contributed by atoms with E-state index in [2.05, 4.69) is 16.3 Å². The summed E-state index contributed by atoms with van der Waals surface area (Å²) in [4.78, 5) is 15.5. The maximum Gasteiger partial charge on any atom is 0.223 e. The van der Waals surface area contributed by atoms with Gasteiger partial charge in [-0.2, -0.15) is 0 Å². The van der Waals surface area contributed by atoms with Crippen LogP contribution in [-0.2, 0) is 11.2 Å². The summed E-state index contributed by atoms with van der Waals surface area (Å²) in [5.74, 6) is 4.15. The van der Waals surface area contributed by atoms with Gasteiger partial charge in [0.2, 0.25) is 5.91 Å². The number of likely N-dealkylation sites (tertiary alicyclic amines) is 1. The molecular formula is C27H32N2O5. The third-order valence-electron chi connectivity index (χ3n) is 8.05. The second-order valence-corrected chi connectivity index (χ2v) is 10.1. The fraction of sp³-hybridized carbons (Fsp3) is 0.519. The SMILES string of the molecule is O=C(CCOc1ccc(O)cc1)NC(Cc1ccc2c(c1)OCCO2)CN1CC2CCC3CC231. The van der Waals surface area contributed by atoms with Crippen molar-refractivity contribution >= 4 is 5.91 Å². The first kappa shape index (κ1) is 21.6. The van der Waals surface area contributed by atoms with Crippen molar-refractivity contribution in [1.29, 1.82) is 0 Å². The summed E-state index contributed by atoms with van der Waals surface area (Å²) in [6, 6.07) is 12.7. The fourth-order valence-corrected chi connectivity index (χ4v) is 6.33. The Morgan fingerprint density at radius 2 is 1.91 bits per heavy atom. The molecule has 2 aliphatic carbocycles. The number of nitrogens with one attached hydrogen (secondary N) is 1. The normalized spacial score (nSPS) is 27.2. The van der Waals surface area contributed by atoms with Gasteiger partial charge in [0.05, 0.1) is 13.0 Å². The number of hydrogen-bond acceptors (Lipinski definition) is 6. The summed E-state index contributed by atoms with van der Waals surface area (Å²) < 4.78 is 17.1. The highest BCUT2D eigenvalue weighted by Gasteiger charge is 2.71. The van der Waals surface area contributed by atoms with Crippen molar-refractivity contribution in [3.05, 3.63) is 48.0 Å². The van der Waals surface area contributed by atoms with Crippen LogP contribution < -0.4 is 19.5 Å². The van der Waals surface area contributed by atoms with Crippen molar-refractivity contribution in [2.45, 2.75) is 43.7 Å². The molecule has 7 heteroatoms. The van der Waals surface area contributed by atoms with E-state index in [0.717, 1.165) is 48.4 Å². The highest BCUT2D eigenvalue weighted by atomic mass is 16.6. The number of aromatic hydroxyl groups is 1. The highest BCUT2D eigenvalue weighted by Crippen LogP contribution is 2.68. The van der Waals surface area contributed by atoms with Gasteiger partial charge in [0.15, 0.2) is 11.5 Å². The number of carbonyl (C=O) groups excluding carboxylic acids is 1. The summed E-state index contributed by atoms with van der Waals surface area (Å²) in [7, 11) is 0. The van der Waals surface area contributed by atoms with Crippen LogP contribution >= 0.6 is 0 Å². The molecule has 1 amide bonds. The lowest BCUT2D eigenvalue weighted by atomic mass is 9.85. The van der Waals surface area contributed by atoms with E-state index in [1.165, 1.54) is 19.3 Å². The molecule has 2 saturated carbocycles. The lowest BCUT2D eigenvalue weighted by Crippen LogP contribution is -2.61. The van der Waals surface area contributed by atoms with Gasteiger partial charge < -0.3 is 24.6 Å². The van der Waals surface area contributed by atoms with Crippen molar-refractivity contribution in [1.82, 2.24) is 10.2 Å². The highest BCUT2D eigenvalue weighted by molar-refractivity contribution is 5.76. The predicted molar refractivity (Wildman–Crippen MR) is 126 cm³/mol. The quantitative estimate of drug-likeness (QED) is 0.594. The minimum Gasteiger partial charge on any atom is -0.508 e. The van der Waals surface area contributed by atoms with Crippen LogP contribution in [0.5, 0.6) is 23.0 Å². The van der Waals surface area contributed by atoms with Crippen LogP contribution in [0.25, 0.3) is 0 Å². The number of hydrogen-bond donors (Lipinski definition) is 2. The van der Waals surface area contributed by atoms with Gasteiger partial charge in [-0.25, -0.2) is 0 Å². The number of nitrogens with zero attached hydrogens (tertiary/aromatic N) is 1. The minimum atomic E-state index is -0.00494. The molecule has 2 N–H and O–H groups in total.